The number of amides is 2. The number of hydrogen-bond acceptors (Lipinski definition) is 8. The van der Waals surface area contributed by atoms with E-state index in [0.29, 0.717) is 35.2 Å². The van der Waals surface area contributed by atoms with E-state index in [2.05, 4.69) is 21.3 Å². The number of thiazole rings is 1. The first-order valence-electron chi connectivity index (χ1n) is 11.4. The van der Waals surface area contributed by atoms with E-state index in [1.807, 2.05) is 22.4 Å². The maximum Gasteiger partial charge on any atom is 0.257 e. The summed E-state index contributed by atoms with van der Waals surface area (Å²) in [4.78, 5) is 33.9. The standard InChI is InChI=1S/C25H26N4O5S/c1-32-20-5-3-18(4-6-20)24(31)27-25-26-19(15-35-25)13-23(30)29-10-8-28(9-11-29)14-17-2-7-21-22(12-17)34-16-33-21/h2-7,12,15H,8-11,13-14,16H2,1H3,(H,26,27,31). The van der Waals surface area contributed by atoms with Crippen LogP contribution >= 0.6 is 11.3 Å². The average Bonchev–Trinajstić information content (AvgIpc) is 3.53. The molecule has 0 bridgehead atoms. The molecule has 35 heavy (non-hydrogen) atoms. The zero-order valence-corrected chi connectivity index (χ0v) is 20.2. The molecule has 1 aromatic heterocycles. The van der Waals surface area contributed by atoms with Crippen LogP contribution in [0, 0.1) is 0 Å². The number of piperazine rings is 1. The number of nitrogens with zero attached hydrogens (tertiary/aromatic N) is 3. The second-order valence-corrected chi connectivity index (χ2v) is 9.21. The topological polar surface area (TPSA) is 93.2 Å². The predicted molar refractivity (Wildman–Crippen MR) is 131 cm³/mol. The third-order valence-corrected chi connectivity index (χ3v) is 6.83. The number of fused-ring (bicyclic) bond motifs is 1. The molecule has 182 valence electrons. The molecule has 9 nitrogen and oxygen atoms in total. The van der Waals surface area contributed by atoms with Gasteiger partial charge < -0.3 is 19.1 Å². The van der Waals surface area contributed by atoms with Gasteiger partial charge in [-0.2, -0.15) is 0 Å². The van der Waals surface area contributed by atoms with E-state index < -0.39 is 0 Å². The summed E-state index contributed by atoms with van der Waals surface area (Å²) < 4.78 is 15.9. The lowest BCUT2D eigenvalue weighted by atomic mass is 10.1. The molecule has 3 heterocycles. The molecule has 5 rings (SSSR count). The van der Waals surface area contributed by atoms with Gasteiger partial charge in [-0.05, 0) is 42.0 Å². The molecule has 0 unspecified atom stereocenters. The van der Waals surface area contributed by atoms with E-state index in [1.165, 1.54) is 16.9 Å². The molecule has 2 aromatic carbocycles. The highest BCUT2D eigenvalue weighted by molar-refractivity contribution is 7.14. The molecule has 1 N–H and O–H groups in total. The Balaban J connectivity index is 1.09. The zero-order valence-electron chi connectivity index (χ0n) is 19.4. The lowest BCUT2D eigenvalue weighted by molar-refractivity contribution is -0.132. The Bertz CT molecular complexity index is 1200. The van der Waals surface area contributed by atoms with Gasteiger partial charge in [0.05, 0.1) is 19.2 Å². The van der Waals surface area contributed by atoms with Crippen molar-refractivity contribution in [1.82, 2.24) is 14.8 Å². The number of carbonyl (C=O) groups excluding carboxylic acids is 2. The Kier molecular flexibility index (Phi) is 6.82. The first kappa shape index (κ1) is 23.1. The summed E-state index contributed by atoms with van der Waals surface area (Å²) in [5.74, 6) is 2.06. The van der Waals surface area contributed by atoms with Gasteiger partial charge in [-0.3, -0.25) is 19.8 Å². The van der Waals surface area contributed by atoms with E-state index in [9.17, 15) is 9.59 Å². The van der Waals surface area contributed by atoms with Crippen molar-refractivity contribution in [1.29, 1.82) is 0 Å². The van der Waals surface area contributed by atoms with Crippen molar-refractivity contribution in [2.24, 2.45) is 0 Å². The Morgan fingerprint density at radius 3 is 2.60 bits per heavy atom. The predicted octanol–water partition coefficient (Wildman–Crippen LogP) is 3.02. The van der Waals surface area contributed by atoms with Crippen molar-refractivity contribution in [3.63, 3.8) is 0 Å². The van der Waals surface area contributed by atoms with Crippen LogP contribution in [0.25, 0.3) is 0 Å². The number of carbonyl (C=O) groups is 2. The highest BCUT2D eigenvalue weighted by Gasteiger charge is 2.23. The lowest BCUT2D eigenvalue weighted by Crippen LogP contribution is -2.48. The van der Waals surface area contributed by atoms with Gasteiger partial charge in [0.25, 0.3) is 5.91 Å². The van der Waals surface area contributed by atoms with Gasteiger partial charge in [0.15, 0.2) is 16.6 Å². The van der Waals surface area contributed by atoms with E-state index in [-0.39, 0.29) is 25.0 Å². The second kappa shape index (κ2) is 10.3. The van der Waals surface area contributed by atoms with Crippen molar-refractivity contribution < 1.29 is 23.8 Å². The number of methoxy groups -OCH3 is 1. The SMILES string of the molecule is COc1ccc(C(=O)Nc2nc(CC(=O)N3CCN(Cc4ccc5c(c4)OCO5)CC3)cs2)cc1. The maximum absolute atomic E-state index is 12.8. The lowest BCUT2D eigenvalue weighted by Gasteiger charge is -2.34. The maximum atomic E-state index is 12.8. The smallest absolute Gasteiger partial charge is 0.257 e. The zero-order chi connectivity index (χ0) is 24.2. The summed E-state index contributed by atoms with van der Waals surface area (Å²) in [6.07, 6.45) is 0.219. The largest absolute Gasteiger partial charge is 0.497 e. The van der Waals surface area contributed by atoms with Crippen LogP contribution in [0.1, 0.15) is 21.6 Å². The van der Waals surface area contributed by atoms with Gasteiger partial charge in [-0.1, -0.05) is 6.07 Å². The first-order chi connectivity index (χ1) is 17.1. The van der Waals surface area contributed by atoms with Crippen molar-refractivity contribution in [3.8, 4) is 17.2 Å². The highest BCUT2D eigenvalue weighted by atomic mass is 32.1. The molecule has 2 amide bonds. The van der Waals surface area contributed by atoms with Gasteiger partial charge in [0, 0.05) is 43.7 Å². The normalized spacial score (nSPS) is 15.2. The fourth-order valence-corrected chi connectivity index (χ4v) is 4.78. The van der Waals surface area contributed by atoms with Crippen LogP contribution in [-0.4, -0.2) is 66.7 Å². The minimum Gasteiger partial charge on any atom is -0.497 e. The summed E-state index contributed by atoms with van der Waals surface area (Å²) >= 11 is 1.31. The number of rotatable bonds is 7. The van der Waals surface area contributed by atoms with Gasteiger partial charge >= 0.3 is 0 Å². The van der Waals surface area contributed by atoms with E-state index in [0.717, 1.165) is 31.1 Å². The highest BCUT2D eigenvalue weighted by Crippen LogP contribution is 2.32. The van der Waals surface area contributed by atoms with Crippen molar-refractivity contribution in [2.45, 2.75) is 13.0 Å². The molecule has 0 atom stereocenters. The Morgan fingerprint density at radius 2 is 1.83 bits per heavy atom. The van der Waals surface area contributed by atoms with Crippen LogP contribution in [-0.2, 0) is 17.8 Å². The molecule has 10 heteroatoms. The quantitative estimate of drug-likeness (QED) is 0.540. The first-order valence-corrected chi connectivity index (χ1v) is 12.2. The number of benzene rings is 2. The van der Waals surface area contributed by atoms with E-state index in [1.54, 1.807) is 31.4 Å². The van der Waals surface area contributed by atoms with Crippen LogP contribution in [0.2, 0.25) is 0 Å². The monoisotopic (exact) mass is 494 g/mol. The molecule has 3 aromatic rings. The summed E-state index contributed by atoms with van der Waals surface area (Å²) in [6, 6.07) is 12.9. The van der Waals surface area contributed by atoms with E-state index >= 15 is 0 Å². The summed E-state index contributed by atoms with van der Waals surface area (Å²) in [5.41, 5.74) is 2.34. The second-order valence-electron chi connectivity index (χ2n) is 8.35. The Hall–Kier alpha value is -3.63. The molecule has 0 radical (unpaired) electrons. The summed E-state index contributed by atoms with van der Waals surface area (Å²) in [5, 5.41) is 5.08. The van der Waals surface area contributed by atoms with Crippen molar-refractivity contribution in [2.75, 3.05) is 45.4 Å². The number of ether oxygens (including phenoxy) is 3. The third-order valence-electron chi connectivity index (χ3n) is 6.02. The molecule has 1 saturated heterocycles. The van der Waals surface area contributed by atoms with E-state index in [4.69, 9.17) is 14.2 Å². The van der Waals surface area contributed by atoms with Gasteiger partial charge in [-0.25, -0.2) is 4.98 Å². The van der Waals surface area contributed by atoms with Crippen molar-refractivity contribution >= 4 is 28.3 Å². The molecule has 0 aliphatic carbocycles. The molecular formula is C25H26N4O5S. The Labute approximate surface area is 207 Å². The minimum absolute atomic E-state index is 0.0473. The average molecular weight is 495 g/mol. The van der Waals surface area contributed by atoms with Gasteiger partial charge in [-0.15, -0.1) is 11.3 Å². The summed E-state index contributed by atoms with van der Waals surface area (Å²) in [7, 11) is 1.58. The molecule has 0 saturated carbocycles. The molecule has 0 spiro atoms. The number of anilines is 1. The minimum atomic E-state index is -0.251. The van der Waals surface area contributed by atoms with Crippen LogP contribution in [0.3, 0.4) is 0 Å². The number of hydrogen-bond donors (Lipinski definition) is 1. The fourth-order valence-electron chi connectivity index (χ4n) is 4.08. The number of nitrogens with one attached hydrogen (secondary N) is 1. The molecular weight excluding hydrogens is 468 g/mol. The summed E-state index contributed by atoms with van der Waals surface area (Å²) in [6.45, 7) is 4.04. The Morgan fingerprint density at radius 1 is 1.06 bits per heavy atom. The fraction of sp³-hybridized carbons (Fsp3) is 0.320. The van der Waals surface area contributed by atoms with Crippen LogP contribution in [0.4, 0.5) is 5.13 Å². The van der Waals surface area contributed by atoms with Crippen molar-refractivity contribution in [3.05, 3.63) is 64.7 Å². The van der Waals surface area contributed by atoms with Crippen LogP contribution in [0.15, 0.2) is 47.8 Å². The van der Waals surface area contributed by atoms with Crippen LogP contribution in [0.5, 0.6) is 17.2 Å². The third kappa shape index (κ3) is 5.55. The molecule has 1 fully saturated rings. The molecule has 2 aliphatic heterocycles. The molecule has 2 aliphatic rings. The van der Waals surface area contributed by atoms with Gasteiger partial charge in [0.2, 0.25) is 12.7 Å². The van der Waals surface area contributed by atoms with Gasteiger partial charge in [0.1, 0.15) is 5.75 Å². The van der Waals surface area contributed by atoms with Crippen LogP contribution < -0.4 is 19.5 Å². The number of aromatic nitrogens is 1.